The molecule has 10 nitrogen and oxygen atoms in total. The number of hydrogen-bond acceptors (Lipinski definition) is 8. The van der Waals surface area contributed by atoms with Gasteiger partial charge in [-0.3, -0.25) is 4.79 Å². The molecule has 37 heavy (non-hydrogen) atoms. The van der Waals surface area contributed by atoms with Crippen molar-refractivity contribution in [2.24, 2.45) is 0 Å². The minimum atomic E-state index is -1.41. The Bertz CT molecular complexity index is 1280. The lowest BCUT2D eigenvalue weighted by molar-refractivity contribution is 0.0944. The first-order chi connectivity index (χ1) is 18.0. The number of nitrogens with one attached hydrogen (secondary N) is 3. The Morgan fingerprint density at radius 2 is 2.03 bits per heavy atom. The van der Waals surface area contributed by atoms with E-state index < -0.39 is 18.2 Å². The molecule has 0 saturated carbocycles. The van der Waals surface area contributed by atoms with Gasteiger partial charge < -0.3 is 30.2 Å². The van der Waals surface area contributed by atoms with Gasteiger partial charge in [-0.1, -0.05) is 6.92 Å². The fourth-order valence-electron chi connectivity index (χ4n) is 4.67. The van der Waals surface area contributed by atoms with Gasteiger partial charge in [0.25, 0.3) is 5.91 Å². The molecule has 1 amide bonds. The Balaban J connectivity index is 1.35. The van der Waals surface area contributed by atoms with E-state index in [1.54, 1.807) is 24.4 Å². The summed E-state index contributed by atoms with van der Waals surface area (Å²) in [6, 6.07) is 5.59. The van der Waals surface area contributed by atoms with E-state index in [9.17, 15) is 4.79 Å². The second-order valence-electron chi connectivity index (χ2n) is 9.09. The summed E-state index contributed by atoms with van der Waals surface area (Å²) in [5.74, 6) is 0.251. The van der Waals surface area contributed by atoms with Gasteiger partial charge in [-0.25, -0.2) is 19.3 Å². The molecule has 1 aliphatic heterocycles. The van der Waals surface area contributed by atoms with Gasteiger partial charge >= 0.3 is 0 Å². The number of carbonyl (C=O) groups is 1. The Kier molecular flexibility index (Phi) is 7.04. The van der Waals surface area contributed by atoms with Crippen molar-refractivity contribution >= 4 is 29.3 Å². The van der Waals surface area contributed by atoms with Crippen LogP contribution in [0.1, 0.15) is 40.4 Å². The number of nitrogens with zero attached hydrogens (tertiary/aromatic N) is 5. The highest BCUT2D eigenvalue weighted by molar-refractivity contribution is 6.01. The van der Waals surface area contributed by atoms with Crippen molar-refractivity contribution in [3.8, 4) is 5.88 Å². The molecule has 2 aliphatic rings. The highest BCUT2D eigenvalue weighted by Crippen LogP contribution is 2.35. The van der Waals surface area contributed by atoms with Crippen molar-refractivity contribution in [3.63, 3.8) is 0 Å². The molecule has 0 aromatic carbocycles. The van der Waals surface area contributed by atoms with Crippen LogP contribution < -0.4 is 20.3 Å². The second-order valence-corrected chi connectivity index (χ2v) is 9.09. The smallest absolute Gasteiger partial charge is 0.260 e. The number of amides is 1. The zero-order chi connectivity index (χ0) is 25.9. The molecule has 1 fully saturated rings. The van der Waals surface area contributed by atoms with Crippen molar-refractivity contribution in [2.45, 2.75) is 26.1 Å². The molecule has 2 atom stereocenters. The van der Waals surface area contributed by atoms with Gasteiger partial charge in [0, 0.05) is 50.2 Å². The molecule has 1 saturated heterocycles. The van der Waals surface area contributed by atoms with E-state index in [-0.39, 0.29) is 17.3 Å². The Hall–Kier alpha value is -3.99. The molecular weight excluding hydrogens is 475 g/mol. The summed E-state index contributed by atoms with van der Waals surface area (Å²) in [6.07, 6.45) is 4.11. The van der Waals surface area contributed by atoms with Crippen LogP contribution in [0, 0.1) is 6.92 Å². The summed E-state index contributed by atoms with van der Waals surface area (Å²) in [4.78, 5) is 33.6. The number of piperazine rings is 1. The monoisotopic (exact) mass is 506 g/mol. The third-order valence-electron chi connectivity index (χ3n) is 6.75. The lowest BCUT2D eigenvalue weighted by atomic mass is 10.00. The number of H-pyrrole nitrogens is 1. The molecular formula is C26H31FN8O2. The number of pyridine rings is 1. The largest absolute Gasteiger partial charge is 0.466 e. The number of aromatic nitrogens is 4. The number of ether oxygens (including phenoxy) is 1. The number of likely N-dealkylation sites (N-methyl/N-ethyl adjacent to an activating group) is 1. The number of anilines is 3. The lowest BCUT2D eigenvalue weighted by Crippen LogP contribution is -2.46. The average Bonchev–Trinajstić information content (AvgIpc) is 3.32. The van der Waals surface area contributed by atoms with Crippen molar-refractivity contribution in [3.05, 3.63) is 59.3 Å². The Morgan fingerprint density at radius 3 is 2.73 bits per heavy atom. The lowest BCUT2D eigenvalue weighted by Gasteiger charge is -2.35. The van der Waals surface area contributed by atoms with Gasteiger partial charge in [-0.05, 0) is 43.8 Å². The molecule has 3 aromatic heterocycles. The van der Waals surface area contributed by atoms with Crippen LogP contribution in [-0.4, -0.2) is 76.6 Å². The van der Waals surface area contributed by atoms with E-state index >= 15 is 4.39 Å². The van der Waals surface area contributed by atoms with Crippen LogP contribution in [-0.2, 0) is 0 Å². The highest BCUT2D eigenvalue weighted by atomic mass is 19.1. The van der Waals surface area contributed by atoms with E-state index in [1.165, 1.54) is 13.4 Å². The highest BCUT2D eigenvalue weighted by Gasteiger charge is 2.31. The Morgan fingerprint density at radius 1 is 1.22 bits per heavy atom. The van der Waals surface area contributed by atoms with Crippen LogP contribution in [0.4, 0.5) is 21.7 Å². The number of rotatable bonds is 7. The first kappa shape index (κ1) is 24.7. The minimum absolute atomic E-state index is 0.0183. The molecule has 194 valence electrons. The van der Waals surface area contributed by atoms with Crippen LogP contribution in [0.25, 0.3) is 6.08 Å². The van der Waals surface area contributed by atoms with Crippen LogP contribution in [0.3, 0.4) is 0 Å². The van der Waals surface area contributed by atoms with Crippen LogP contribution in [0.15, 0.2) is 36.8 Å². The number of carbonyl (C=O) groups excluding carboxylic acids is 1. The maximum atomic E-state index is 15.3. The van der Waals surface area contributed by atoms with Gasteiger partial charge in [0.1, 0.15) is 17.7 Å². The van der Waals surface area contributed by atoms with Crippen molar-refractivity contribution in [1.29, 1.82) is 0 Å². The van der Waals surface area contributed by atoms with Gasteiger partial charge in [0.2, 0.25) is 5.88 Å². The van der Waals surface area contributed by atoms with E-state index in [1.807, 2.05) is 19.1 Å². The summed E-state index contributed by atoms with van der Waals surface area (Å²) in [5.41, 5.74) is 3.20. The van der Waals surface area contributed by atoms with E-state index in [2.05, 4.69) is 47.3 Å². The molecule has 2 unspecified atom stereocenters. The maximum absolute atomic E-state index is 15.3. The van der Waals surface area contributed by atoms with Crippen molar-refractivity contribution in [1.82, 2.24) is 30.2 Å². The molecule has 1 aliphatic carbocycles. The summed E-state index contributed by atoms with van der Waals surface area (Å²) in [5, 5.41) is 5.68. The predicted molar refractivity (Wildman–Crippen MR) is 140 cm³/mol. The first-order valence-electron chi connectivity index (χ1n) is 12.4. The summed E-state index contributed by atoms with van der Waals surface area (Å²) in [6.45, 7) is 9.05. The molecule has 0 spiro atoms. The van der Waals surface area contributed by atoms with Crippen molar-refractivity contribution < 1.29 is 13.9 Å². The fraction of sp³-hybridized carbons (Fsp3) is 0.385. The number of hydrogen-bond donors (Lipinski definition) is 3. The van der Waals surface area contributed by atoms with Gasteiger partial charge in [0.05, 0.1) is 11.9 Å². The van der Waals surface area contributed by atoms with Gasteiger partial charge in [-0.2, -0.15) is 0 Å². The number of fused-ring (bicyclic) bond motifs is 1. The van der Waals surface area contributed by atoms with Crippen molar-refractivity contribution in [2.75, 3.05) is 50.0 Å². The van der Waals surface area contributed by atoms with E-state index in [0.717, 1.165) is 44.1 Å². The molecule has 4 heterocycles. The SMILES string of the molecule is CCN1CCN(c2ccc(Nc3ncnc(OC4C=Cc5[nH]c(C)cc5C4F)c3C(=O)NC)nc2)CC1. The molecule has 3 N–H and O–H groups in total. The number of aromatic amines is 1. The van der Waals surface area contributed by atoms with Crippen LogP contribution in [0.5, 0.6) is 5.88 Å². The Labute approximate surface area is 215 Å². The zero-order valence-corrected chi connectivity index (χ0v) is 21.2. The number of alkyl halides is 1. The van der Waals surface area contributed by atoms with Gasteiger partial charge in [-0.15, -0.1) is 0 Å². The standard InChI is InChI=1S/C26H31FN8O2/c1-4-34-9-11-35(12-10-34)17-5-8-21(29-14-17)33-24-22(25(36)28-3)26(31-15-30-24)37-20-7-6-19-18(23(20)27)13-16(2)32-19/h5-8,13-15,20,23,32H,4,9-12H2,1-3H3,(H,28,36)(H,29,30,31,33). The molecule has 0 bridgehead atoms. The quantitative estimate of drug-likeness (QED) is 0.448. The maximum Gasteiger partial charge on any atom is 0.260 e. The topological polar surface area (TPSA) is 111 Å². The van der Waals surface area contributed by atoms with Crippen LogP contribution in [0.2, 0.25) is 0 Å². The predicted octanol–water partition coefficient (Wildman–Crippen LogP) is 3.24. The number of halogens is 1. The summed E-state index contributed by atoms with van der Waals surface area (Å²) < 4.78 is 21.2. The van der Waals surface area contributed by atoms with Crippen LogP contribution >= 0.6 is 0 Å². The fourth-order valence-corrected chi connectivity index (χ4v) is 4.67. The normalized spacial score (nSPS) is 19.4. The van der Waals surface area contributed by atoms with E-state index in [4.69, 9.17) is 4.74 Å². The average molecular weight is 507 g/mol. The second kappa shape index (κ2) is 10.6. The molecule has 5 rings (SSSR count). The molecule has 3 aromatic rings. The number of aryl methyl sites for hydroxylation is 1. The zero-order valence-electron chi connectivity index (χ0n) is 21.2. The molecule has 0 radical (unpaired) electrons. The summed E-state index contributed by atoms with van der Waals surface area (Å²) >= 11 is 0. The van der Waals surface area contributed by atoms with Gasteiger partial charge in [0.15, 0.2) is 18.1 Å². The van der Waals surface area contributed by atoms with E-state index in [0.29, 0.717) is 17.1 Å². The third-order valence-corrected chi connectivity index (χ3v) is 6.75. The first-order valence-corrected chi connectivity index (χ1v) is 12.4. The summed E-state index contributed by atoms with van der Waals surface area (Å²) in [7, 11) is 1.50. The minimum Gasteiger partial charge on any atom is -0.466 e. The third kappa shape index (κ3) is 5.12. The molecule has 11 heteroatoms.